The van der Waals surface area contributed by atoms with Crippen molar-refractivity contribution >= 4 is 30.1 Å². The Balaban J connectivity index is 2.46. The molecule has 0 atom stereocenters. The van der Waals surface area contributed by atoms with Gasteiger partial charge in [-0.2, -0.15) is 5.26 Å². The molecule has 2 heterocycles. The minimum absolute atomic E-state index is 0.00643. The standard InChI is InChI=1S/C17H11N5/c1-4-12-7-6-8-13(20-12)9-10-15-14(5-2)22-17(19-3)16(11-18)21-15/h4-10H,1-2H2/b10-9+. The van der Waals surface area contributed by atoms with Crippen LogP contribution in [-0.2, 0) is 0 Å². The molecule has 0 aromatic carbocycles. The minimum atomic E-state index is -0.0265. The molecular formula is C17H11N5. The second kappa shape index (κ2) is 6.74. The molecule has 22 heavy (non-hydrogen) atoms. The van der Waals surface area contributed by atoms with E-state index in [1.807, 2.05) is 24.3 Å². The van der Waals surface area contributed by atoms with Crippen LogP contribution >= 0.6 is 0 Å². The molecule has 5 nitrogen and oxygen atoms in total. The molecule has 0 unspecified atom stereocenters. The second-order valence-corrected chi connectivity index (χ2v) is 4.12. The maximum Gasteiger partial charge on any atom is 0.307 e. The zero-order valence-corrected chi connectivity index (χ0v) is 11.7. The van der Waals surface area contributed by atoms with E-state index < -0.39 is 0 Å². The first-order valence-electron chi connectivity index (χ1n) is 6.31. The van der Waals surface area contributed by atoms with Crippen LogP contribution in [0.4, 0.5) is 5.82 Å². The maximum absolute atomic E-state index is 9.02. The van der Waals surface area contributed by atoms with Crippen molar-refractivity contribution in [2.75, 3.05) is 0 Å². The first-order chi connectivity index (χ1) is 10.7. The van der Waals surface area contributed by atoms with Gasteiger partial charge in [0.1, 0.15) is 11.8 Å². The van der Waals surface area contributed by atoms with Gasteiger partial charge in [0, 0.05) is 0 Å². The van der Waals surface area contributed by atoms with Gasteiger partial charge in [0.05, 0.1) is 11.4 Å². The highest BCUT2D eigenvalue weighted by atomic mass is 14.9. The van der Waals surface area contributed by atoms with Crippen LogP contribution in [0.25, 0.3) is 29.1 Å². The Kier molecular flexibility index (Phi) is 4.54. The van der Waals surface area contributed by atoms with Crippen LogP contribution in [0.1, 0.15) is 28.5 Å². The Morgan fingerprint density at radius 3 is 2.45 bits per heavy atom. The zero-order valence-electron chi connectivity index (χ0n) is 11.7. The monoisotopic (exact) mass is 285 g/mol. The SMILES string of the molecule is [C-]#[N+]c1nc(C=C)c(/C=C/c2cccc(C=C)n2)nc1C#N. The highest BCUT2D eigenvalue weighted by molar-refractivity contribution is 5.72. The van der Waals surface area contributed by atoms with Crippen molar-refractivity contribution in [1.82, 2.24) is 15.0 Å². The summed E-state index contributed by atoms with van der Waals surface area (Å²) >= 11 is 0. The van der Waals surface area contributed by atoms with Crippen LogP contribution in [0.2, 0.25) is 0 Å². The number of rotatable bonds is 4. The van der Waals surface area contributed by atoms with Crippen molar-refractivity contribution < 1.29 is 0 Å². The Morgan fingerprint density at radius 2 is 1.82 bits per heavy atom. The summed E-state index contributed by atoms with van der Waals surface area (Å²) in [5.41, 5.74) is 2.39. The second-order valence-electron chi connectivity index (χ2n) is 4.12. The highest BCUT2D eigenvalue weighted by Crippen LogP contribution is 2.19. The minimum Gasteiger partial charge on any atom is -0.358 e. The quantitative estimate of drug-likeness (QED) is 0.802. The van der Waals surface area contributed by atoms with Crippen molar-refractivity contribution in [3.05, 3.63) is 71.2 Å². The molecule has 0 aliphatic heterocycles. The van der Waals surface area contributed by atoms with Gasteiger partial charge in [0.2, 0.25) is 0 Å². The molecule has 0 N–H and O–H groups in total. The van der Waals surface area contributed by atoms with Crippen molar-refractivity contribution in [2.45, 2.75) is 0 Å². The topological polar surface area (TPSA) is 66.8 Å². The van der Waals surface area contributed by atoms with E-state index in [0.717, 1.165) is 11.4 Å². The van der Waals surface area contributed by atoms with Crippen molar-refractivity contribution in [3.63, 3.8) is 0 Å². The van der Waals surface area contributed by atoms with Crippen molar-refractivity contribution in [1.29, 1.82) is 5.26 Å². The van der Waals surface area contributed by atoms with Crippen molar-refractivity contribution in [3.8, 4) is 6.07 Å². The van der Waals surface area contributed by atoms with E-state index >= 15 is 0 Å². The van der Waals surface area contributed by atoms with Crippen LogP contribution in [-0.4, -0.2) is 15.0 Å². The van der Waals surface area contributed by atoms with Gasteiger partial charge in [-0.25, -0.2) is 9.97 Å². The number of hydrogen-bond acceptors (Lipinski definition) is 4. The van der Waals surface area contributed by atoms with Gasteiger partial charge in [0.25, 0.3) is 0 Å². The summed E-state index contributed by atoms with van der Waals surface area (Å²) in [5.74, 6) is -0.0265. The summed E-state index contributed by atoms with van der Waals surface area (Å²) in [6.45, 7) is 14.3. The molecule has 2 aromatic heterocycles. The average Bonchev–Trinajstić information content (AvgIpc) is 2.59. The van der Waals surface area contributed by atoms with Crippen LogP contribution in [0, 0.1) is 17.9 Å². The summed E-state index contributed by atoms with van der Waals surface area (Å²) in [5, 5.41) is 9.02. The average molecular weight is 285 g/mol. The Labute approximate surface area is 128 Å². The predicted molar refractivity (Wildman–Crippen MR) is 86.4 cm³/mol. The lowest BCUT2D eigenvalue weighted by Gasteiger charge is -2.00. The molecule has 0 bridgehead atoms. The Hall–Kier alpha value is -3.57. The number of pyridine rings is 1. The first-order valence-corrected chi connectivity index (χ1v) is 6.31. The smallest absolute Gasteiger partial charge is 0.307 e. The first kappa shape index (κ1) is 14.8. The van der Waals surface area contributed by atoms with E-state index in [1.54, 1.807) is 18.2 Å². The molecule has 0 aliphatic rings. The van der Waals surface area contributed by atoms with E-state index in [9.17, 15) is 0 Å². The number of aromatic nitrogens is 3. The van der Waals surface area contributed by atoms with Gasteiger partial charge in [-0.1, -0.05) is 25.8 Å². The van der Waals surface area contributed by atoms with Crippen LogP contribution in [0.5, 0.6) is 0 Å². The number of nitriles is 1. The molecule has 0 aliphatic carbocycles. The zero-order chi connectivity index (χ0) is 15.9. The summed E-state index contributed by atoms with van der Waals surface area (Å²) in [6, 6.07) is 7.42. The maximum atomic E-state index is 9.02. The lowest BCUT2D eigenvalue weighted by atomic mass is 10.2. The van der Waals surface area contributed by atoms with Crippen molar-refractivity contribution in [2.24, 2.45) is 0 Å². The molecule has 0 spiro atoms. The summed E-state index contributed by atoms with van der Waals surface area (Å²) in [6.07, 6.45) is 6.59. The number of nitrogens with zero attached hydrogens (tertiary/aromatic N) is 5. The summed E-state index contributed by atoms with van der Waals surface area (Å²) in [4.78, 5) is 15.8. The van der Waals surface area contributed by atoms with Gasteiger partial charge >= 0.3 is 5.82 Å². The highest BCUT2D eigenvalue weighted by Gasteiger charge is 2.12. The van der Waals surface area contributed by atoms with Crippen LogP contribution in [0.15, 0.2) is 31.4 Å². The molecule has 2 rings (SSSR count). The molecule has 5 heteroatoms. The molecule has 0 radical (unpaired) electrons. The molecule has 2 aromatic rings. The van der Waals surface area contributed by atoms with E-state index in [1.165, 1.54) is 6.08 Å². The lowest BCUT2D eigenvalue weighted by Crippen LogP contribution is -1.96. The van der Waals surface area contributed by atoms with E-state index in [0.29, 0.717) is 11.4 Å². The summed E-state index contributed by atoms with van der Waals surface area (Å²) < 4.78 is 0. The van der Waals surface area contributed by atoms with Gasteiger partial charge in [0.15, 0.2) is 11.4 Å². The third-order valence-corrected chi connectivity index (χ3v) is 2.75. The molecule has 104 valence electrons. The third kappa shape index (κ3) is 3.12. The van der Waals surface area contributed by atoms with Gasteiger partial charge in [-0.3, -0.25) is 0 Å². The predicted octanol–water partition coefficient (Wildman–Crippen LogP) is 3.75. The van der Waals surface area contributed by atoms with E-state index in [4.69, 9.17) is 11.8 Å². The van der Waals surface area contributed by atoms with Gasteiger partial charge in [-0.05, 0) is 36.4 Å². The Bertz CT molecular complexity index is 850. The fourth-order valence-electron chi connectivity index (χ4n) is 1.72. The fourth-order valence-corrected chi connectivity index (χ4v) is 1.72. The fraction of sp³-hybridized carbons (Fsp3) is 0. The molecular weight excluding hydrogens is 274 g/mol. The third-order valence-electron chi connectivity index (χ3n) is 2.75. The lowest BCUT2D eigenvalue weighted by molar-refractivity contribution is 1.15. The Morgan fingerprint density at radius 1 is 1.05 bits per heavy atom. The molecule has 0 saturated carbocycles. The van der Waals surface area contributed by atoms with E-state index in [2.05, 4.69) is 33.0 Å². The molecule has 0 fully saturated rings. The van der Waals surface area contributed by atoms with Crippen LogP contribution < -0.4 is 0 Å². The molecule has 0 saturated heterocycles. The van der Waals surface area contributed by atoms with Crippen LogP contribution in [0.3, 0.4) is 0 Å². The molecule has 0 amide bonds. The largest absolute Gasteiger partial charge is 0.358 e. The van der Waals surface area contributed by atoms with Gasteiger partial charge in [-0.15, -0.1) is 4.98 Å². The van der Waals surface area contributed by atoms with E-state index in [-0.39, 0.29) is 11.5 Å². The number of hydrogen-bond donors (Lipinski definition) is 0. The van der Waals surface area contributed by atoms with Gasteiger partial charge < -0.3 is 4.85 Å². The summed E-state index contributed by atoms with van der Waals surface area (Å²) in [7, 11) is 0. The normalized spacial score (nSPS) is 9.91.